The van der Waals surface area contributed by atoms with E-state index in [2.05, 4.69) is 9.97 Å². The van der Waals surface area contributed by atoms with E-state index in [4.69, 9.17) is 21.7 Å². The summed E-state index contributed by atoms with van der Waals surface area (Å²) in [6, 6.07) is 15.5. The fourth-order valence-corrected chi connectivity index (χ4v) is 5.02. The molecule has 0 amide bonds. The zero-order valence-corrected chi connectivity index (χ0v) is 16.8. The molecule has 0 aliphatic carbocycles. The third kappa shape index (κ3) is 3.11. The smallest absolute Gasteiger partial charge is 0.271 e. The number of benzene rings is 2. The molecule has 1 N–H and O–H groups in total. The number of H-pyrrole nitrogens is 1. The molecule has 0 unspecified atom stereocenters. The maximum absolute atomic E-state index is 12.6. The van der Waals surface area contributed by atoms with Crippen LogP contribution >= 0.6 is 35.3 Å². The van der Waals surface area contributed by atoms with Gasteiger partial charge in [-0.1, -0.05) is 47.4 Å². The minimum Gasteiger partial charge on any atom is -0.454 e. The summed E-state index contributed by atoms with van der Waals surface area (Å²) in [7, 11) is 0. The number of thiazole rings is 1. The molecule has 9 heteroatoms. The number of hydrogen-bond donors (Lipinski definition) is 1. The van der Waals surface area contributed by atoms with Crippen molar-refractivity contribution in [1.82, 2.24) is 14.5 Å². The molecule has 140 valence electrons. The van der Waals surface area contributed by atoms with Gasteiger partial charge in [0.05, 0.1) is 0 Å². The molecular formula is C19H13N3O3S3. The summed E-state index contributed by atoms with van der Waals surface area (Å²) in [6.45, 7) is 0.249. The van der Waals surface area contributed by atoms with Gasteiger partial charge in [0, 0.05) is 11.4 Å². The molecule has 2 aromatic carbocycles. The van der Waals surface area contributed by atoms with E-state index < -0.39 is 0 Å². The second kappa shape index (κ2) is 7.08. The van der Waals surface area contributed by atoms with Crippen molar-refractivity contribution in [2.45, 2.75) is 10.9 Å². The number of ether oxygens (including phenoxy) is 2. The van der Waals surface area contributed by atoms with Gasteiger partial charge in [0.25, 0.3) is 5.56 Å². The zero-order chi connectivity index (χ0) is 19.1. The predicted molar refractivity (Wildman–Crippen MR) is 113 cm³/mol. The molecule has 28 heavy (non-hydrogen) atoms. The lowest BCUT2D eigenvalue weighted by atomic mass is 10.2. The van der Waals surface area contributed by atoms with Crippen molar-refractivity contribution >= 4 is 45.7 Å². The highest BCUT2D eigenvalue weighted by molar-refractivity contribution is 7.98. The van der Waals surface area contributed by atoms with Crippen LogP contribution in [0.3, 0.4) is 0 Å². The summed E-state index contributed by atoms with van der Waals surface area (Å²) in [5.41, 5.74) is 2.35. The molecule has 3 heterocycles. The van der Waals surface area contributed by atoms with Crippen LogP contribution < -0.4 is 15.0 Å². The first-order valence-electron chi connectivity index (χ1n) is 8.42. The van der Waals surface area contributed by atoms with Crippen molar-refractivity contribution in [1.29, 1.82) is 0 Å². The van der Waals surface area contributed by atoms with Crippen molar-refractivity contribution in [2.24, 2.45) is 0 Å². The average molecular weight is 428 g/mol. The zero-order valence-electron chi connectivity index (χ0n) is 14.4. The monoisotopic (exact) mass is 427 g/mol. The summed E-state index contributed by atoms with van der Waals surface area (Å²) in [5.74, 6) is 2.13. The molecule has 0 atom stereocenters. The number of fused-ring (bicyclic) bond motifs is 2. The quantitative estimate of drug-likeness (QED) is 0.293. The van der Waals surface area contributed by atoms with Gasteiger partial charge in [0.2, 0.25) is 6.79 Å². The lowest BCUT2D eigenvalue weighted by Crippen LogP contribution is -2.09. The highest BCUT2D eigenvalue weighted by atomic mass is 32.2. The van der Waals surface area contributed by atoms with E-state index in [9.17, 15) is 4.79 Å². The van der Waals surface area contributed by atoms with E-state index in [1.807, 2.05) is 53.1 Å². The van der Waals surface area contributed by atoms with Crippen molar-refractivity contribution < 1.29 is 9.47 Å². The molecule has 0 saturated carbocycles. The Bertz CT molecular complexity index is 1290. The first kappa shape index (κ1) is 17.5. The Hall–Kier alpha value is -2.62. The highest BCUT2D eigenvalue weighted by Crippen LogP contribution is 2.34. The van der Waals surface area contributed by atoms with Crippen LogP contribution in [0.4, 0.5) is 0 Å². The van der Waals surface area contributed by atoms with Crippen LogP contribution in [0.15, 0.2) is 58.5 Å². The number of hydrogen-bond acceptors (Lipinski definition) is 7. The first-order chi connectivity index (χ1) is 13.7. The highest BCUT2D eigenvalue weighted by Gasteiger charge is 2.15. The Morgan fingerprint density at radius 3 is 2.86 bits per heavy atom. The van der Waals surface area contributed by atoms with Crippen molar-refractivity contribution in [2.75, 3.05) is 6.79 Å². The SMILES string of the molecule is O=c1[nH]c(SCc2ccc3c(c2)OCO3)nc2c1sc(=S)n2-c1ccccc1. The lowest BCUT2D eigenvalue weighted by Gasteiger charge is -2.06. The minimum absolute atomic E-state index is 0.177. The van der Waals surface area contributed by atoms with Gasteiger partial charge in [-0.25, -0.2) is 4.98 Å². The van der Waals surface area contributed by atoms with Crippen molar-refractivity contribution in [3.05, 3.63) is 68.4 Å². The van der Waals surface area contributed by atoms with Crippen LogP contribution in [0, 0.1) is 3.95 Å². The normalized spacial score (nSPS) is 12.6. The number of para-hydroxylation sites is 1. The van der Waals surface area contributed by atoms with Crippen LogP contribution in [-0.2, 0) is 5.75 Å². The summed E-state index contributed by atoms with van der Waals surface area (Å²) < 4.78 is 13.7. The molecular weight excluding hydrogens is 414 g/mol. The number of aromatic nitrogens is 3. The molecule has 6 nitrogen and oxygen atoms in total. The standard InChI is InChI=1S/C19H13N3O3S3/c23-17-15-16(22(19(26)28-15)12-4-2-1-3-5-12)20-18(21-17)27-9-11-6-7-13-14(8-11)25-10-24-13/h1-8H,9-10H2,(H,20,21,23). The van der Waals surface area contributed by atoms with Gasteiger partial charge in [-0.3, -0.25) is 9.36 Å². The Morgan fingerprint density at radius 1 is 1.18 bits per heavy atom. The molecule has 1 aliphatic heterocycles. The first-order valence-corrected chi connectivity index (χ1v) is 10.6. The molecule has 4 aromatic rings. The fourth-order valence-electron chi connectivity index (χ4n) is 2.95. The molecule has 1 aliphatic rings. The van der Waals surface area contributed by atoms with Gasteiger partial charge in [-0.05, 0) is 42.0 Å². The molecule has 0 radical (unpaired) electrons. The Kier molecular flexibility index (Phi) is 4.42. The van der Waals surface area contributed by atoms with Gasteiger partial charge in [0.15, 0.2) is 26.3 Å². The van der Waals surface area contributed by atoms with Gasteiger partial charge in [-0.15, -0.1) is 0 Å². The summed E-state index contributed by atoms with van der Waals surface area (Å²) >= 11 is 8.21. The molecule has 0 bridgehead atoms. The lowest BCUT2D eigenvalue weighted by molar-refractivity contribution is 0.174. The second-order valence-electron chi connectivity index (χ2n) is 6.04. The maximum atomic E-state index is 12.6. The van der Waals surface area contributed by atoms with E-state index in [0.717, 1.165) is 22.7 Å². The van der Waals surface area contributed by atoms with Crippen LogP contribution in [0.5, 0.6) is 11.5 Å². The number of aromatic amines is 1. The summed E-state index contributed by atoms with van der Waals surface area (Å²) in [6.07, 6.45) is 0. The van der Waals surface area contributed by atoms with Crippen LogP contribution in [0.1, 0.15) is 5.56 Å². The van der Waals surface area contributed by atoms with Gasteiger partial charge >= 0.3 is 0 Å². The molecule has 0 saturated heterocycles. The number of thioether (sulfide) groups is 1. The third-order valence-electron chi connectivity index (χ3n) is 4.25. The predicted octanol–water partition coefficient (Wildman–Crippen LogP) is 4.53. The Labute approximate surface area is 172 Å². The van der Waals surface area contributed by atoms with Crippen LogP contribution in [0.25, 0.3) is 16.0 Å². The summed E-state index contributed by atoms with van der Waals surface area (Å²) in [5, 5.41) is 0.549. The maximum Gasteiger partial charge on any atom is 0.271 e. The summed E-state index contributed by atoms with van der Waals surface area (Å²) in [4.78, 5) is 20.1. The van der Waals surface area contributed by atoms with Crippen LogP contribution in [0.2, 0.25) is 0 Å². The van der Waals surface area contributed by atoms with E-state index in [-0.39, 0.29) is 12.4 Å². The number of nitrogens with one attached hydrogen (secondary N) is 1. The Morgan fingerprint density at radius 2 is 2.00 bits per heavy atom. The second-order valence-corrected chi connectivity index (χ2v) is 8.65. The van der Waals surface area contributed by atoms with Crippen molar-refractivity contribution in [3.8, 4) is 17.2 Å². The van der Waals surface area contributed by atoms with Crippen LogP contribution in [-0.4, -0.2) is 21.3 Å². The van der Waals surface area contributed by atoms with E-state index >= 15 is 0 Å². The fraction of sp³-hybridized carbons (Fsp3) is 0.105. The third-order valence-corrected chi connectivity index (χ3v) is 6.55. The van der Waals surface area contributed by atoms with E-state index in [0.29, 0.717) is 25.2 Å². The largest absolute Gasteiger partial charge is 0.454 e. The van der Waals surface area contributed by atoms with Crippen molar-refractivity contribution in [3.63, 3.8) is 0 Å². The number of rotatable bonds is 4. The minimum atomic E-state index is -0.177. The van der Waals surface area contributed by atoms with Gasteiger partial charge in [0.1, 0.15) is 4.70 Å². The van der Waals surface area contributed by atoms with Gasteiger partial charge < -0.3 is 14.5 Å². The average Bonchev–Trinajstić information content (AvgIpc) is 3.30. The number of nitrogens with zero attached hydrogens (tertiary/aromatic N) is 2. The van der Waals surface area contributed by atoms with Gasteiger partial charge in [-0.2, -0.15) is 0 Å². The molecule has 0 fully saturated rings. The molecule has 2 aromatic heterocycles. The molecule has 0 spiro atoms. The Balaban J connectivity index is 1.50. The van der Waals surface area contributed by atoms with E-state index in [1.54, 1.807) is 0 Å². The molecule has 5 rings (SSSR count). The van der Waals surface area contributed by atoms with E-state index in [1.165, 1.54) is 23.1 Å². The topological polar surface area (TPSA) is 69.1 Å².